The summed E-state index contributed by atoms with van der Waals surface area (Å²) in [5.74, 6) is -1.03. The number of aromatic nitrogens is 1. The Morgan fingerprint density at radius 2 is 2.06 bits per heavy atom. The second kappa shape index (κ2) is 3.89. The van der Waals surface area contributed by atoms with Crippen molar-refractivity contribution in [2.45, 2.75) is 0 Å². The molecule has 3 aromatic rings. The summed E-state index contributed by atoms with van der Waals surface area (Å²) in [6.45, 7) is 0. The van der Waals surface area contributed by atoms with E-state index in [9.17, 15) is 9.59 Å². The van der Waals surface area contributed by atoms with Crippen molar-refractivity contribution >= 4 is 37.6 Å². The van der Waals surface area contributed by atoms with Crippen LogP contribution in [0.15, 0.2) is 41.3 Å². The van der Waals surface area contributed by atoms with Crippen LogP contribution in [0.1, 0.15) is 10.4 Å². The average molecular weight is 257 g/mol. The number of hydrogen-bond acceptors (Lipinski definition) is 4. The summed E-state index contributed by atoms with van der Waals surface area (Å²) in [7, 11) is 0. The molecule has 0 bridgehead atoms. The fourth-order valence-electron chi connectivity index (χ4n) is 1.82. The van der Waals surface area contributed by atoms with Gasteiger partial charge in [-0.2, -0.15) is 0 Å². The van der Waals surface area contributed by atoms with E-state index in [1.807, 2.05) is 0 Å². The summed E-state index contributed by atoms with van der Waals surface area (Å²) in [4.78, 5) is 28.0. The second-order valence-electron chi connectivity index (χ2n) is 3.80. The molecule has 1 N–H and O–H groups in total. The van der Waals surface area contributed by atoms with Gasteiger partial charge in [0.05, 0.1) is 10.9 Å². The molecular formula is C13H7NO3S. The maximum Gasteiger partial charge on any atom is 0.335 e. The fourth-order valence-corrected chi connectivity index (χ4v) is 2.81. The van der Waals surface area contributed by atoms with Gasteiger partial charge in [0, 0.05) is 16.3 Å². The number of pyridine rings is 1. The van der Waals surface area contributed by atoms with E-state index in [2.05, 4.69) is 4.98 Å². The molecule has 88 valence electrons. The van der Waals surface area contributed by atoms with Crippen LogP contribution in [0.3, 0.4) is 0 Å². The Bertz CT molecular complexity index is 838. The summed E-state index contributed by atoms with van der Waals surface area (Å²) >= 11 is 1.38. The number of fused-ring (bicyclic) bond motifs is 2. The molecule has 0 saturated heterocycles. The topological polar surface area (TPSA) is 67.3 Å². The molecule has 0 aliphatic carbocycles. The molecule has 5 heteroatoms. The minimum absolute atomic E-state index is 0.120. The van der Waals surface area contributed by atoms with Crippen molar-refractivity contribution in [3.05, 3.63) is 52.3 Å². The maximum absolute atomic E-state index is 12.2. The highest BCUT2D eigenvalue weighted by molar-refractivity contribution is 7.24. The molecule has 0 atom stereocenters. The number of hydrogen-bond donors (Lipinski definition) is 1. The van der Waals surface area contributed by atoms with Gasteiger partial charge < -0.3 is 5.11 Å². The lowest BCUT2D eigenvalue weighted by molar-refractivity contribution is 0.0697. The molecule has 0 aliphatic rings. The van der Waals surface area contributed by atoms with Gasteiger partial charge in [0.25, 0.3) is 0 Å². The van der Waals surface area contributed by atoms with Crippen molar-refractivity contribution in [2.24, 2.45) is 0 Å². The van der Waals surface area contributed by atoms with Crippen molar-refractivity contribution in [1.82, 2.24) is 4.98 Å². The van der Waals surface area contributed by atoms with E-state index in [1.54, 1.807) is 24.4 Å². The summed E-state index contributed by atoms with van der Waals surface area (Å²) in [6.07, 6.45) is 1.63. The first-order valence-corrected chi connectivity index (χ1v) is 6.03. The van der Waals surface area contributed by atoms with Gasteiger partial charge >= 0.3 is 5.97 Å². The number of rotatable bonds is 1. The van der Waals surface area contributed by atoms with E-state index in [1.165, 1.54) is 23.5 Å². The van der Waals surface area contributed by atoms with Crippen molar-refractivity contribution in [3.8, 4) is 0 Å². The molecular weight excluding hydrogens is 250 g/mol. The Labute approximate surface area is 105 Å². The van der Waals surface area contributed by atoms with Crippen LogP contribution in [0.25, 0.3) is 20.3 Å². The third-order valence-corrected chi connectivity index (χ3v) is 3.79. The van der Waals surface area contributed by atoms with Gasteiger partial charge in [-0.3, -0.25) is 4.79 Å². The van der Waals surface area contributed by atoms with Crippen LogP contribution in [0.4, 0.5) is 0 Å². The van der Waals surface area contributed by atoms with Gasteiger partial charge in [0.1, 0.15) is 4.83 Å². The zero-order valence-corrected chi connectivity index (χ0v) is 9.90. The van der Waals surface area contributed by atoms with Crippen molar-refractivity contribution in [1.29, 1.82) is 0 Å². The highest BCUT2D eigenvalue weighted by Crippen LogP contribution is 2.23. The largest absolute Gasteiger partial charge is 0.478 e. The summed E-state index contributed by atoms with van der Waals surface area (Å²) in [6, 6.07) is 7.97. The quantitative estimate of drug-likeness (QED) is 0.680. The minimum Gasteiger partial charge on any atom is -0.478 e. The van der Waals surface area contributed by atoms with Gasteiger partial charge in [-0.15, -0.1) is 11.3 Å². The Morgan fingerprint density at radius 3 is 2.83 bits per heavy atom. The third kappa shape index (κ3) is 1.56. The number of aromatic carboxylic acids is 1. The summed E-state index contributed by atoms with van der Waals surface area (Å²) < 4.78 is 0.746. The zero-order chi connectivity index (χ0) is 12.7. The molecule has 2 heterocycles. The number of carboxylic acids is 1. The van der Waals surface area contributed by atoms with E-state index in [-0.39, 0.29) is 11.0 Å². The standard InChI is InChI=1S/C13H7NO3S/c15-11-8-2-1-5-14-12(8)18-10-4-3-7(13(16)17)6-9(10)11/h1-6H,(H,16,17). The molecule has 18 heavy (non-hydrogen) atoms. The van der Waals surface area contributed by atoms with Crippen LogP contribution < -0.4 is 5.43 Å². The van der Waals surface area contributed by atoms with Crippen LogP contribution >= 0.6 is 11.3 Å². The predicted molar refractivity (Wildman–Crippen MR) is 70.4 cm³/mol. The second-order valence-corrected chi connectivity index (χ2v) is 4.83. The Kier molecular flexibility index (Phi) is 2.34. The average Bonchev–Trinajstić information content (AvgIpc) is 2.38. The number of carbonyl (C=O) groups is 1. The van der Waals surface area contributed by atoms with Crippen LogP contribution in [0.5, 0.6) is 0 Å². The molecule has 0 unspecified atom stereocenters. The van der Waals surface area contributed by atoms with Crippen LogP contribution in [0.2, 0.25) is 0 Å². The van der Waals surface area contributed by atoms with E-state index in [0.717, 1.165) is 4.70 Å². The molecule has 0 amide bonds. The van der Waals surface area contributed by atoms with Crippen LogP contribution in [-0.2, 0) is 0 Å². The fraction of sp³-hybridized carbons (Fsp3) is 0. The molecule has 0 saturated carbocycles. The molecule has 2 aromatic heterocycles. The van der Waals surface area contributed by atoms with Gasteiger partial charge in [-0.05, 0) is 30.3 Å². The first-order valence-electron chi connectivity index (χ1n) is 5.22. The van der Waals surface area contributed by atoms with Gasteiger partial charge in [0.2, 0.25) is 0 Å². The highest BCUT2D eigenvalue weighted by Gasteiger charge is 2.09. The predicted octanol–water partition coefficient (Wildman–Crippen LogP) is 2.51. The molecule has 3 rings (SSSR count). The third-order valence-electron chi connectivity index (χ3n) is 2.69. The first kappa shape index (κ1) is 10.9. The monoisotopic (exact) mass is 257 g/mol. The molecule has 1 aromatic carbocycles. The summed E-state index contributed by atoms with van der Waals surface area (Å²) in [5.41, 5.74) is -0.0509. The summed E-state index contributed by atoms with van der Waals surface area (Å²) in [5, 5.41) is 9.89. The van der Waals surface area contributed by atoms with E-state index < -0.39 is 5.97 Å². The number of benzene rings is 1. The van der Waals surface area contributed by atoms with Gasteiger partial charge in [0.15, 0.2) is 5.43 Å². The normalized spacial score (nSPS) is 10.9. The van der Waals surface area contributed by atoms with E-state index >= 15 is 0 Å². The smallest absolute Gasteiger partial charge is 0.335 e. The van der Waals surface area contributed by atoms with Crippen molar-refractivity contribution < 1.29 is 9.90 Å². The molecule has 4 nitrogen and oxygen atoms in total. The van der Waals surface area contributed by atoms with Gasteiger partial charge in [-0.1, -0.05) is 0 Å². The Hall–Kier alpha value is -2.27. The molecule has 0 spiro atoms. The molecule has 0 aliphatic heterocycles. The maximum atomic E-state index is 12.2. The highest BCUT2D eigenvalue weighted by atomic mass is 32.1. The van der Waals surface area contributed by atoms with E-state index in [4.69, 9.17) is 5.11 Å². The lowest BCUT2D eigenvalue weighted by atomic mass is 10.1. The Morgan fingerprint density at radius 1 is 1.22 bits per heavy atom. The van der Waals surface area contributed by atoms with Crippen LogP contribution in [-0.4, -0.2) is 16.1 Å². The first-order chi connectivity index (χ1) is 8.66. The van der Waals surface area contributed by atoms with E-state index in [0.29, 0.717) is 15.6 Å². The number of carboxylic acid groups (broad SMARTS) is 1. The lowest BCUT2D eigenvalue weighted by Gasteiger charge is -2.01. The van der Waals surface area contributed by atoms with Crippen molar-refractivity contribution in [3.63, 3.8) is 0 Å². The SMILES string of the molecule is O=C(O)c1ccc2sc3ncccc3c(=O)c2c1. The Balaban J connectivity index is 2.49. The molecule has 0 fully saturated rings. The van der Waals surface area contributed by atoms with Crippen LogP contribution in [0, 0.1) is 0 Å². The molecule has 0 radical (unpaired) electrons. The van der Waals surface area contributed by atoms with Crippen molar-refractivity contribution in [2.75, 3.05) is 0 Å². The minimum atomic E-state index is -1.03. The zero-order valence-electron chi connectivity index (χ0n) is 9.08. The lowest BCUT2D eigenvalue weighted by Crippen LogP contribution is -2.04. The van der Waals surface area contributed by atoms with Gasteiger partial charge in [-0.25, -0.2) is 9.78 Å². The number of nitrogens with zero attached hydrogens (tertiary/aromatic N) is 1.